The summed E-state index contributed by atoms with van der Waals surface area (Å²) in [5.41, 5.74) is 0.587. The molecule has 1 aliphatic rings. The number of esters is 1. The molecule has 2 rings (SSSR count). The van der Waals surface area contributed by atoms with Gasteiger partial charge in [0.1, 0.15) is 17.4 Å². The molecule has 1 aromatic rings. The lowest BCUT2D eigenvalue weighted by molar-refractivity contribution is -0.145. The second-order valence-electron chi connectivity index (χ2n) is 5.44. The summed E-state index contributed by atoms with van der Waals surface area (Å²) in [4.78, 5) is 25.6. The fraction of sp³-hybridized carbons (Fsp3) is 0.389. The van der Waals surface area contributed by atoms with Crippen LogP contribution in [0.15, 0.2) is 28.2 Å². The lowest BCUT2D eigenvalue weighted by Gasteiger charge is -2.15. The van der Waals surface area contributed by atoms with Crippen molar-refractivity contribution in [3.8, 4) is 11.8 Å². The summed E-state index contributed by atoms with van der Waals surface area (Å²) >= 11 is 3.36. The van der Waals surface area contributed by atoms with Crippen LogP contribution in [0, 0.1) is 11.3 Å². The second-order valence-corrected chi connectivity index (χ2v) is 6.36. The minimum atomic E-state index is -0.478. The Labute approximate surface area is 155 Å². The van der Waals surface area contributed by atoms with E-state index in [0.29, 0.717) is 24.4 Å². The summed E-state index contributed by atoms with van der Waals surface area (Å²) in [6, 6.07) is 7.12. The molecule has 7 heteroatoms. The largest absolute Gasteiger partial charge is 0.481 e. The summed E-state index contributed by atoms with van der Waals surface area (Å²) in [5.74, 6) is -0.358. The standard InChI is InChI=1S/C18H19BrN2O4/c1-2-24-17(22)12-25-16-6-5-15(19)10-13(16)9-14(11-20)18(23)21-7-3-4-8-21/h5-6,9-10H,2-4,7-8,12H2,1H3/b14-9+. The first kappa shape index (κ1) is 19.0. The minimum Gasteiger partial charge on any atom is -0.481 e. The predicted octanol–water partition coefficient (Wildman–Crippen LogP) is 2.92. The third kappa shape index (κ3) is 5.33. The monoisotopic (exact) mass is 406 g/mol. The Morgan fingerprint density at radius 2 is 2.08 bits per heavy atom. The molecular formula is C18H19BrN2O4. The number of hydrogen-bond donors (Lipinski definition) is 0. The molecule has 1 aromatic carbocycles. The fourth-order valence-electron chi connectivity index (χ4n) is 2.49. The maximum Gasteiger partial charge on any atom is 0.344 e. The van der Waals surface area contributed by atoms with Gasteiger partial charge >= 0.3 is 5.97 Å². The molecule has 0 radical (unpaired) electrons. The Morgan fingerprint density at radius 1 is 1.36 bits per heavy atom. The maximum absolute atomic E-state index is 12.4. The van der Waals surface area contributed by atoms with Crippen molar-refractivity contribution in [2.45, 2.75) is 19.8 Å². The molecule has 0 aromatic heterocycles. The number of carbonyl (C=O) groups is 2. The van der Waals surface area contributed by atoms with Crippen LogP contribution in [0.25, 0.3) is 6.08 Å². The van der Waals surface area contributed by atoms with Crippen molar-refractivity contribution in [3.05, 3.63) is 33.8 Å². The van der Waals surface area contributed by atoms with Crippen molar-refractivity contribution in [1.29, 1.82) is 5.26 Å². The van der Waals surface area contributed by atoms with Crippen LogP contribution in [0.4, 0.5) is 0 Å². The first-order chi connectivity index (χ1) is 12.0. The number of nitriles is 1. The van der Waals surface area contributed by atoms with Gasteiger partial charge in [-0.3, -0.25) is 4.79 Å². The molecule has 0 saturated carbocycles. The third-order valence-corrected chi connectivity index (χ3v) is 4.16. The number of hydrogen-bond acceptors (Lipinski definition) is 5. The molecule has 0 unspecified atom stereocenters. The topological polar surface area (TPSA) is 79.6 Å². The molecule has 1 aliphatic heterocycles. The van der Waals surface area contributed by atoms with Crippen molar-refractivity contribution < 1.29 is 19.1 Å². The van der Waals surface area contributed by atoms with Crippen molar-refractivity contribution in [2.75, 3.05) is 26.3 Å². The summed E-state index contributed by atoms with van der Waals surface area (Å²) in [7, 11) is 0. The smallest absolute Gasteiger partial charge is 0.344 e. The van der Waals surface area contributed by atoms with E-state index in [2.05, 4.69) is 15.9 Å². The third-order valence-electron chi connectivity index (χ3n) is 3.67. The van der Waals surface area contributed by atoms with E-state index in [1.165, 1.54) is 6.08 Å². The first-order valence-electron chi connectivity index (χ1n) is 8.04. The number of halogens is 1. The quantitative estimate of drug-likeness (QED) is 0.412. The van der Waals surface area contributed by atoms with Crippen LogP contribution >= 0.6 is 15.9 Å². The zero-order valence-corrected chi connectivity index (χ0v) is 15.5. The highest BCUT2D eigenvalue weighted by molar-refractivity contribution is 9.10. The number of amides is 1. The van der Waals surface area contributed by atoms with Gasteiger partial charge < -0.3 is 14.4 Å². The van der Waals surface area contributed by atoms with E-state index in [1.54, 1.807) is 30.0 Å². The normalized spacial score (nSPS) is 14.1. The Hall–Kier alpha value is -2.33. The van der Waals surface area contributed by atoms with Gasteiger partial charge in [-0.2, -0.15) is 5.26 Å². The van der Waals surface area contributed by atoms with Crippen LogP contribution in [0.1, 0.15) is 25.3 Å². The van der Waals surface area contributed by atoms with E-state index in [1.807, 2.05) is 6.07 Å². The van der Waals surface area contributed by atoms with E-state index >= 15 is 0 Å². The molecule has 132 valence electrons. The summed E-state index contributed by atoms with van der Waals surface area (Å²) in [6.45, 7) is 3.09. The lowest BCUT2D eigenvalue weighted by atomic mass is 10.1. The molecule has 1 saturated heterocycles. The molecule has 1 amide bonds. The van der Waals surface area contributed by atoms with Gasteiger partial charge in [0.15, 0.2) is 6.61 Å². The lowest BCUT2D eigenvalue weighted by Crippen LogP contribution is -2.28. The van der Waals surface area contributed by atoms with Gasteiger partial charge in [-0.25, -0.2) is 4.79 Å². The highest BCUT2D eigenvalue weighted by Crippen LogP contribution is 2.26. The number of rotatable bonds is 6. The van der Waals surface area contributed by atoms with Crippen molar-refractivity contribution in [2.24, 2.45) is 0 Å². The van der Waals surface area contributed by atoms with Gasteiger partial charge in [0.05, 0.1) is 6.61 Å². The minimum absolute atomic E-state index is 0.0426. The van der Waals surface area contributed by atoms with Gasteiger partial charge in [-0.1, -0.05) is 15.9 Å². The first-order valence-corrected chi connectivity index (χ1v) is 8.83. The molecule has 0 spiro atoms. The number of nitrogens with zero attached hydrogens (tertiary/aromatic N) is 2. The van der Waals surface area contributed by atoms with Gasteiger partial charge in [-0.15, -0.1) is 0 Å². The number of carbonyl (C=O) groups excluding carboxylic acids is 2. The highest BCUT2D eigenvalue weighted by atomic mass is 79.9. The molecule has 0 atom stereocenters. The van der Waals surface area contributed by atoms with Crippen LogP contribution in [0.5, 0.6) is 5.75 Å². The Kier molecular flexibility index (Phi) is 7.02. The Balaban J connectivity index is 2.23. The number of likely N-dealkylation sites (tertiary alicyclic amines) is 1. The van der Waals surface area contributed by atoms with Crippen LogP contribution in [-0.2, 0) is 14.3 Å². The molecule has 6 nitrogen and oxygen atoms in total. The zero-order valence-electron chi connectivity index (χ0n) is 14.0. The highest BCUT2D eigenvalue weighted by Gasteiger charge is 2.22. The number of benzene rings is 1. The molecule has 0 bridgehead atoms. The fourth-order valence-corrected chi connectivity index (χ4v) is 2.87. The van der Waals surface area contributed by atoms with E-state index in [9.17, 15) is 14.9 Å². The SMILES string of the molecule is CCOC(=O)COc1ccc(Br)cc1/C=C(\C#N)C(=O)N1CCCC1. The van der Waals surface area contributed by atoms with Crippen LogP contribution in [-0.4, -0.2) is 43.1 Å². The van der Waals surface area contributed by atoms with Gasteiger partial charge in [0.2, 0.25) is 0 Å². The van der Waals surface area contributed by atoms with Crippen LogP contribution < -0.4 is 4.74 Å². The summed E-state index contributed by atoms with van der Waals surface area (Å²) in [5, 5.41) is 9.37. The Morgan fingerprint density at radius 3 is 2.72 bits per heavy atom. The molecular weight excluding hydrogens is 388 g/mol. The summed E-state index contributed by atoms with van der Waals surface area (Å²) < 4.78 is 11.1. The van der Waals surface area contributed by atoms with Crippen molar-refractivity contribution in [3.63, 3.8) is 0 Å². The van der Waals surface area contributed by atoms with Gasteiger partial charge in [-0.05, 0) is 44.0 Å². The van der Waals surface area contributed by atoms with Crippen molar-refractivity contribution in [1.82, 2.24) is 4.90 Å². The molecule has 1 heterocycles. The van der Waals surface area contributed by atoms with Crippen LogP contribution in [0.3, 0.4) is 0 Å². The van der Waals surface area contributed by atoms with Crippen molar-refractivity contribution >= 4 is 33.9 Å². The number of ether oxygens (including phenoxy) is 2. The average molecular weight is 407 g/mol. The average Bonchev–Trinajstić information content (AvgIpc) is 3.13. The Bertz CT molecular complexity index is 718. The van der Waals surface area contributed by atoms with E-state index in [4.69, 9.17) is 9.47 Å². The predicted molar refractivity (Wildman–Crippen MR) is 95.7 cm³/mol. The van der Waals surface area contributed by atoms with Gasteiger partial charge in [0, 0.05) is 23.1 Å². The maximum atomic E-state index is 12.4. The molecule has 1 fully saturated rings. The molecule has 0 aliphatic carbocycles. The van der Waals surface area contributed by atoms with E-state index in [-0.39, 0.29) is 24.7 Å². The van der Waals surface area contributed by atoms with Crippen LogP contribution in [0.2, 0.25) is 0 Å². The van der Waals surface area contributed by atoms with E-state index in [0.717, 1.165) is 17.3 Å². The molecule has 25 heavy (non-hydrogen) atoms. The van der Waals surface area contributed by atoms with Gasteiger partial charge in [0.25, 0.3) is 5.91 Å². The van der Waals surface area contributed by atoms with E-state index < -0.39 is 5.97 Å². The zero-order chi connectivity index (χ0) is 18.2. The second kappa shape index (κ2) is 9.23. The summed E-state index contributed by atoms with van der Waals surface area (Å²) in [6.07, 6.45) is 3.40. The molecule has 0 N–H and O–H groups in total.